The molecule has 0 aromatic rings. The van der Waals surface area contributed by atoms with E-state index in [1.807, 2.05) is 0 Å². The van der Waals surface area contributed by atoms with Crippen LogP contribution >= 0.6 is 0 Å². The van der Waals surface area contributed by atoms with Gasteiger partial charge in [-0.3, -0.25) is 0 Å². The van der Waals surface area contributed by atoms with Crippen LogP contribution in [0.3, 0.4) is 0 Å². The normalized spacial score (nSPS) is 0. The summed E-state index contributed by atoms with van der Waals surface area (Å²) < 4.78 is 0. The summed E-state index contributed by atoms with van der Waals surface area (Å²) in [6.45, 7) is 0. The van der Waals surface area contributed by atoms with Crippen LogP contribution < -0.4 is 0 Å². The number of rotatable bonds is 0. The Bertz CT molecular complexity index is 11.6. The van der Waals surface area contributed by atoms with E-state index in [4.69, 9.17) is 0 Å². The molecule has 0 aliphatic heterocycles. The Kier molecular flexibility index (Phi) is 197. The van der Waals surface area contributed by atoms with Crippen LogP contribution in [0, 0.1) is 0 Å². The SMILES string of the molecule is [AsH3].[BiH3].[Cu].[SbH3].[SnH2]. The molecule has 1 atom stereocenters. The summed E-state index contributed by atoms with van der Waals surface area (Å²) in [4.78, 5) is 0. The molecule has 0 aromatic carbocycles. The fourth-order valence-electron chi connectivity index (χ4n) is 0. The maximum atomic E-state index is 0. The van der Waals surface area contributed by atoms with E-state index in [0.717, 1.165) is 0 Å². The number of hydrogen-bond acceptors (Lipinski definition) is 0. The van der Waals surface area contributed by atoms with Crippen molar-refractivity contribution >= 4 is 92.5 Å². The molecule has 1 unspecified atom stereocenters. The Morgan fingerprint density at radius 1 is 1.00 bits per heavy atom. The molecule has 3 radical (unpaired) electrons. The topological polar surface area (TPSA) is 0 Å². The molecule has 0 N–H and O–H groups in total. The predicted octanol–water partition coefficient (Wildman–Crippen LogP) is -4.47. The second-order valence-corrected chi connectivity index (χ2v) is 0. The summed E-state index contributed by atoms with van der Waals surface area (Å²) in [6, 6.07) is 0. The molecule has 0 nitrogen and oxygen atoms in total. The van der Waals surface area contributed by atoms with Crippen molar-refractivity contribution in [2.45, 2.75) is 0 Å². The van der Waals surface area contributed by atoms with Crippen LogP contribution in [0.1, 0.15) is 0 Å². The quantitative estimate of drug-likeness (QED) is 0.247. The van der Waals surface area contributed by atoms with Crippen LogP contribution in [0.5, 0.6) is 0 Å². The van der Waals surface area contributed by atoms with Crippen LogP contribution in [0.25, 0.3) is 0 Å². The van der Waals surface area contributed by atoms with Crippen LogP contribution in [0.4, 0.5) is 0 Å². The van der Waals surface area contributed by atoms with Gasteiger partial charge in [-0.15, -0.1) is 0 Å². The van der Waals surface area contributed by atoms with Crippen molar-refractivity contribution in [3.05, 3.63) is 0 Å². The summed E-state index contributed by atoms with van der Waals surface area (Å²) in [6.07, 6.45) is 0. The van der Waals surface area contributed by atoms with Gasteiger partial charge in [0.1, 0.15) is 0 Å². The average molecular weight is 599 g/mol. The van der Waals surface area contributed by atoms with Crippen LogP contribution in [0.15, 0.2) is 0 Å². The molecular weight excluding hydrogens is 588 g/mol. The standard InChI is InChI=1S/AsH3.Bi.Cu.Sb.Sn.8H/h1H3;;;;;;;;;;;;. The molecule has 41 valence electrons. The number of hydrogen-bond donors (Lipinski definition) is 0. The van der Waals surface area contributed by atoms with Crippen molar-refractivity contribution < 1.29 is 17.1 Å². The van der Waals surface area contributed by atoms with Crippen molar-refractivity contribution in [3.63, 3.8) is 0 Å². The van der Waals surface area contributed by atoms with Crippen molar-refractivity contribution in [2.75, 3.05) is 0 Å². The van der Waals surface area contributed by atoms with Crippen LogP contribution in [-0.2, 0) is 17.1 Å². The first kappa shape index (κ1) is 38.5. The van der Waals surface area contributed by atoms with Gasteiger partial charge in [0.2, 0.25) is 0 Å². The zero-order chi connectivity index (χ0) is 0. The zero-order valence-electron chi connectivity index (χ0n) is 3.13. The van der Waals surface area contributed by atoms with E-state index >= 15 is 0 Å². The monoisotopic (exact) mass is 599 g/mol. The van der Waals surface area contributed by atoms with Gasteiger partial charge in [-0.25, -0.2) is 0 Å². The maximum absolute atomic E-state index is 0. The third-order valence-electron chi connectivity index (χ3n) is 0. The van der Waals surface area contributed by atoms with E-state index < -0.39 is 0 Å². The Labute approximate surface area is 107 Å². The molecule has 0 spiro atoms. The van der Waals surface area contributed by atoms with E-state index in [9.17, 15) is 0 Å². The van der Waals surface area contributed by atoms with Crippen LogP contribution in [0.2, 0.25) is 0 Å². The molecule has 5 heavy (non-hydrogen) atoms. The Morgan fingerprint density at radius 2 is 1.00 bits per heavy atom. The molecule has 0 amide bonds. The van der Waals surface area contributed by atoms with Crippen molar-refractivity contribution in [2.24, 2.45) is 0 Å². The molecule has 0 rings (SSSR count). The van der Waals surface area contributed by atoms with E-state index in [0.29, 0.717) is 0 Å². The Balaban J connectivity index is 0. The third-order valence-corrected chi connectivity index (χ3v) is 0. The molecule has 0 saturated carbocycles. The molecule has 0 aliphatic carbocycles. The van der Waals surface area contributed by atoms with Gasteiger partial charge in [-0.2, -0.15) is 0 Å². The summed E-state index contributed by atoms with van der Waals surface area (Å²) in [5.74, 6) is 0. The molecule has 0 aromatic heterocycles. The van der Waals surface area contributed by atoms with E-state index in [2.05, 4.69) is 0 Å². The summed E-state index contributed by atoms with van der Waals surface area (Å²) in [5, 5.41) is 0. The molecule has 0 heterocycles. The second-order valence-electron chi connectivity index (χ2n) is 0. The van der Waals surface area contributed by atoms with Gasteiger partial charge < -0.3 is 0 Å². The van der Waals surface area contributed by atoms with Crippen molar-refractivity contribution in [3.8, 4) is 0 Å². The molecule has 0 saturated heterocycles. The van der Waals surface area contributed by atoms with Gasteiger partial charge in [0.25, 0.3) is 0 Å². The van der Waals surface area contributed by atoms with Gasteiger partial charge >= 0.3 is 92.5 Å². The predicted molar refractivity (Wildman–Crippen MR) is 38.4 cm³/mol. The fraction of sp³-hybridized carbons (Fsp3) is 0. The zero-order valence-corrected chi connectivity index (χ0v) is 20.6. The minimum atomic E-state index is 0. The minimum absolute atomic E-state index is 0. The molecule has 0 bridgehead atoms. The van der Waals surface area contributed by atoms with E-state index in [-0.39, 0.29) is 110 Å². The molecule has 5 heteroatoms. The van der Waals surface area contributed by atoms with E-state index in [1.165, 1.54) is 0 Å². The van der Waals surface area contributed by atoms with Gasteiger partial charge in [-0.1, -0.05) is 0 Å². The van der Waals surface area contributed by atoms with E-state index in [1.54, 1.807) is 0 Å². The summed E-state index contributed by atoms with van der Waals surface area (Å²) in [7, 11) is 0. The van der Waals surface area contributed by atoms with Crippen molar-refractivity contribution in [1.29, 1.82) is 0 Å². The average Bonchev–Trinajstić information content (AvgIpc) is 0. The fourth-order valence-corrected chi connectivity index (χ4v) is 0. The first-order valence-electron chi connectivity index (χ1n) is 0. The van der Waals surface area contributed by atoms with Gasteiger partial charge in [-0.05, 0) is 0 Å². The molecular formula is H11AsBiCuSbSn. The second kappa shape index (κ2) is 25.6. The summed E-state index contributed by atoms with van der Waals surface area (Å²) in [5.41, 5.74) is 0. The molecule has 0 aliphatic rings. The van der Waals surface area contributed by atoms with Crippen molar-refractivity contribution in [1.82, 2.24) is 0 Å². The summed E-state index contributed by atoms with van der Waals surface area (Å²) >= 11 is 0. The first-order valence-corrected chi connectivity index (χ1v) is 0. The Morgan fingerprint density at radius 3 is 1.00 bits per heavy atom. The van der Waals surface area contributed by atoms with Gasteiger partial charge in [0, 0.05) is 17.1 Å². The van der Waals surface area contributed by atoms with Gasteiger partial charge in [0.05, 0.1) is 0 Å². The Hall–Kier alpha value is 3.58. The van der Waals surface area contributed by atoms with Gasteiger partial charge in [0.15, 0.2) is 0 Å². The molecule has 0 fully saturated rings. The van der Waals surface area contributed by atoms with Crippen LogP contribution in [-0.4, -0.2) is 92.5 Å². The third kappa shape index (κ3) is 18.4. The first-order chi connectivity index (χ1) is 0.